The average molecular weight is 378 g/mol. The van der Waals surface area contributed by atoms with E-state index in [9.17, 15) is 4.39 Å². The maximum atomic E-state index is 13.7. The third-order valence-electron chi connectivity index (χ3n) is 4.91. The van der Waals surface area contributed by atoms with Crippen molar-refractivity contribution in [3.8, 4) is 0 Å². The molecule has 0 radical (unpaired) electrons. The summed E-state index contributed by atoms with van der Waals surface area (Å²) in [6.45, 7) is 8.51. The molecule has 25 heavy (non-hydrogen) atoms. The van der Waals surface area contributed by atoms with Crippen molar-refractivity contribution in [2.75, 3.05) is 0 Å². The summed E-state index contributed by atoms with van der Waals surface area (Å²) >= 11 is 6.57. The highest BCUT2D eigenvalue weighted by molar-refractivity contribution is 6.87. The molecular weight excluding hydrogens is 353 g/mol. The first-order chi connectivity index (χ1) is 11.7. The highest BCUT2D eigenvalue weighted by Gasteiger charge is 2.29. The molecule has 1 aromatic heterocycles. The molecule has 1 aromatic carbocycles. The minimum atomic E-state index is -1.50. The van der Waals surface area contributed by atoms with E-state index < -0.39 is 8.07 Å². The van der Waals surface area contributed by atoms with E-state index in [1.165, 1.54) is 0 Å². The number of nitrogens with zero attached hydrogens (tertiary/aromatic N) is 1. The minimum absolute atomic E-state index is 0.126. The van der Waals surface area contributed by atoms with Crippen molar-refractivity contribution in [3.63, 3.8) is 0 Å². The summed E-state index contributed by atoms with van der Waals surface area (Å²) < 4.78 is 19.3. The summed E-state index contributed by atoms with van der Waals surface area (Å²) in [5, 5.41) is 6.12. The standard InChI is InChI=1S/C20H25ClFNOSi/c1-13-5-6-15(11-18(13)22)9-14-7-8-16(17(21)10-14)19-12-20(24-23-19)25(2,3)4/h5-6,10-12,14,16H,7-9H2,1-4H3. The molecule has 0 spiro atoms. The molecule has 0 fully saturated rings. The maximum absolute atomic E-state index is 13.7. The lowest BCUT2D eigenvalue weighted by atomic mass is 9.83. The number of allylic oxidation sites excluding steroid dienone is 2. The van der Waals surface area contributed by atoms with Gasteiger partial charge in [0.2, 0.25) is 0 Å². The summed E-state index contributed by atoms with van der Waals surface area (Å²) in [6.07, 6.45) is 4.91. The highest BCUT2D eigenvalue weighted by atomic mass is 35.5. The average Bonchev–Trinajstić information content (AvgIpc) is 3.01. The quantitative estimate of drug-likeness (QED) is 0.655. The van der Waals surface area contributed by atoms with Gasteiger partial charge in [-0.15, -0.1) is 0 Å². The van der Waals surface area contributed by atoms with Gasteiger partial charge < -0.3 is 4.52 Å². The molecule has 0 N–H and O–H groups in total. The van der Waals surface area contributed by atoms with Crippen LogP contribution >= 0.6 is 11.6 Å². The molecule has 2 nitrogen and oxygen atoms in total. The van der Waals surface area contributed by atoms with Crippen molar-refractivity contribution in [2.24, 2.45) is 5.92 Å². The number of halogens is 2. The molecule has 2 aromatic rings. The normalized spacial score (nSPS) is 21.3. The van der Waals surface area contributed by atoms with Crippen LogP contribution in [0.15, 0.2) is 39.9 Å². The van der Waals surface area contributed by atoms with Gasteiger partial charge in [-0.2, -0.15) is 0 Å². The van der Waals surface area contributed by atoms with Gasteiger partial charge in [-0.1, -0.05) is 54.6 Å². The van der Waals surface area contributed by atoms with E-state index in [4.69, 9.17) is 16.1 Å². The van der Waals surface area contributed by atoms with Crippen LogP contribution in [0.25, 0.3) is 0 Å². The fraction of sp³-hybridized carbons (Fsp3) is 0.450. The van der Waals surface area contributed by atoms with Gasteiger partial charge in [-0.25, -0.2) is 4.39 Å². The van der Waals surface area contributed by atoms with Crippen molar-refractivity contribution < 1.29 is 8.91 Å². The van der Waals surface area contributed by atoms with E-state index in [0.29, 0.717) is 11.5 Å². The Balaban J connectivity index is 1.72. The number of benzene rings is 1. The number of aryl methyl sites for hydroxylation is 1. The van der Waals surface area contributed by atoms with Crippen LogP contribution in [-0.2, 0) is 6.42 Å². The Kier molecular flexibility index (Phi) is 5.21. The Hall–Kier alpha value is -1.39. The predicted octanol–water partition coefficient (Wildman–Crippen LogP) is 5.53. The van der Waals surface area contributed by atoms with E-state index in [2.05, 4.69) is 36.9 Å². The topological polar surface area (TPSA) is 26.0 Å². The molecule has 0 saturated heterocycles. The Morgan fingerprint density at radius 2 is 2.00 bits per heavy atom. The Morgan fingerprint density at radius 1 is 1.24 bits per heavy atom. The highest BCUT2D eigenvalue weighted by Crippen LogP contribution is 2.38. The lowest BCUT2D eigenvalue weighted by Crippen LogP contribution is -2.36. The molecule has 1 aliphatic carbocycles. The Morgan fingerprint density at radius 3 is 2.60 bits per heavy atom. The third-order valence-corrected chi connectivity index (χ3v) is 7.02. The lowest BCUT2D eigenvalue weighted by molar-refractivity contribution is 0.419. The van der Waals surface area contributed by atoms with E-state index >= 15 is 0 Å². The second kappa shape index (κ2) is 7.08. The molecule has 5 heteroatoms. The smallest absolute Gasteiger partial charge is 0.127 e. The third kappa shape index (κ3) is 4.24. The van der Waals surface area contributed by atoms with Crippen molar-refractivity contribution in [1.29, 1.82) is 0 Å². The largest absolute Gasteiger partial charge is 0.366 e. The molecule has 1 aliphatic rings. The zero-order chi connectivity index (χ0) is 18.2. The van der Waals surface area contributed by atoms with Crippen LogP contribution in [0.4, 0.5) is 4.39 Å². The molecule has 0 amide bonds. The van der Waals surface area contributed by atoms with Gasteiger partial charge in [0.1, 0.15) is 19.3 Å². The zero-order valence-corrected chi connectivity index (χ0v) is 17.0. The second-order valence-electron chi connectivity index (χ2n) is 8.10. The maximum Gasteiger partial charge on any atom is 0.127 e. The molecule has 0 bridgehead atoms. The summed E-state index contributed by atoms with van der Waals surface area (Å²) in [5.41, 5.74) is 2.65. The van der Waals surface area contributed by atoms with E-state index in [1.54, 1.807) is 13.0 Å². The van der Waals surface area contributed by atoms with Gasteiger partial charge in [0.15, 0.2) is 0 Å². The summed E-state index contributed by atoms with van der Waals surface area (Å²) in [4.78, 5) is 0. The molecule has 0 aliphatic heterocycles. The first kappa shape index (κ1) is 18.4. The predicted molar refractivity (Wildman–Crippen MR) is 104 cm³/mol. The molecular formula is C20H25ClFNOSi. The molecule has 3 rings (SSSR count). The van der Waals surface area contributed by atoms with Gasteiger partial charge in [-0.05, 0) is 55.4 Å². The second-order valence-corrected chi connectivity index (χ2v) is 13.5. The van der Waals surface area contributed by atoms with E-state index in [1.807, 2.05) is 12.1 Å². The number of hydrogen-bond acceptors (Lipinski definition) is 2. The zero-order valence-electron chi connectivity index (χ0n) is 15.3. The first-order valence-electron chi connectivity index (χ1n) is 8.83. The first-order valence-corrected chi connectivity index (χ1v) is 12.7. The fourth-order valence-electron chi connectivity index (χ4n) is 3.27. The van der Waals surface area contributed by atoms with Crippen LogP contribution < -0.4 is 5.38 Å². The van der Waals surface area contributed by atoms with Crippen LogP contribution in [0.1, 0.15) is 35.6 Å². The molecule has 2 unspecified atom stereocenters. The fourth-order valence-corrected chi connectivity index (χ4v) is 4.57. The van der Waals surface area contributed by atoms with E-state index in [0.717, 1.165) is 40.9 Å². The number of rotatable bonds is 4. The van der Waals surface area contributed by atoms with Crippen molar-refractivity contribution >= 4 is 25.1 Å². The SMILES string of the molecule is Cc1ccc(CC2C=C(Cl)C(c3cc([Si](C)(C)C)on3)CC2)cc1F. The molecule has 2 atom stereocenters. The molecule has 0 saturated carbocycles. The molecule has 134 valence electrons. The van der Waals surface area contributed by atoms with E-state index in [-0.39, 0.29) is 11.7 Å². The molecule has 1 heterocycles. The van der Waals surface area contributed by atoms with Crippen LogP contribution in [-0.4, -0.2) is 13.2 Å². The van der Waals surface area contributed by atoms with Gasteiger partial charge in [0.25, 0.3) is 0 Å². The summed E-state index contributed by atoms with van der Waals surface area (Å²) in [7, 11) is -1.50. The van der Waals surface area contributed by atoms with Crippen molar-refractivity contribution in [3.05, 3.63) is 58.0 Å². The number of hydrogen-bond donors (Lipinski definition) is 0. The minimum Gasteiger partial charge on any atom is -0.366 e. The Bertz CT molecular complexity index is 793. The van der Waals surface area contributed by atoms with Gasteiger partial charge in [-0.3, -0.25) is 0 Å². The van der Waals surface area contributed by atoms with Gasteiger partial charge >= 0.3 is 0 Å². The summed E-state index contributed by atoms with van der Waals surface area (Å²) in [6, 6.07) is 7.57. The van der Waals surface area contributed by atoms with Gasteiger partial charge in [0, 0.05) is 11.0 Å². The van der Waals surface area contributed by atoms with Crippen LogP contribution in [0.5, 0.6) is 0 Å². The lowest BCUT2D eigenvalue weighted by Gasteiger charge is -2.24. The monoisotopic (exact) mass is 377 g/mol. The number of aromatic nitrogens is 1. The summed E-state index contributed by atoms with van der Waals surface area (Å²) in [5.74, 6) is 0.332. The van der Waals surface area contributed by atoms with Crippen molar-refractivity contribution in [2.45, 2.75) is 51.7 Å². The van der Waals surface area contributed by atoms with Crippen LogP contribution in [0.3, 0.4) is 0 Å². The van der Waals surface area contributed by atoms with Crippen LogP contribution in [0.2, 0.25) is 19.6 Å². The van der Waals surface area contributed by atoms with Crippen LogP contribution in [0, 0.1) is 18.7 Å². The van der Waals surface area contributed by atoms with Crippen molar-refractivity contribution in [1.82, 2.24) is 5.16 Å². The van der Waals surface area contributed by atoms with Gasteiger partial charge in [0.05, 0.1) is 5.69 Å². The Labute approximate surface area is 155 Å².